The second-order valence-corrected chi connectivity index (χ2v) is 9.74. The van der Waals surface area contributed by atoms with E-state index in [2.05, 4.69) is 17.3 Å². The monoisotopic (exact) mass is 482 g/mol. The van der Waals surface area contributed by atoms with Crippen LogP contribution in [-0.2, 0) is 22.6 Å². The molecular weight excluding hydrogens is 448 g/mol. The fraction of sp³-hybridized carbons (Fsp3) is 0.538. The van der Waals surface area contributed by atoms with Gasteiger partial charge in [-0.15, -0.1) is 0 Å². The Morgan fingerprint density at radius 2 is 1.86 bits per heavy atom. The minimum Gasteiger partial charge on any atom is -0.494 e. The van der Waals surface area contributed by atoms with E-state index in [1.165, 1.54) is 17.9 Å². The Balaban J connectivity index is 1.64. The minimum atomic E-state index is -1.19. The molecule has 2 amide bonds. The van der Waals surface area contributed by atoms with E-state index >= 15 is 0 Å². The number of rotatable bonds is 7. The van der Waals surface area contributed by atoms with Crippen molar-refractivity contribution in [3.8, 4) is 5.75 Å². The summed E-state index contributed by atoms with van der Waals surface area (Å²) in [7, 11) is 1.27. The van der Waals surface area contributed by atoms with Gasteiger partial charge in [0.15, 0.2) is 5.69 Å². The Hall–Kier alpha value is -3.36. The molecule has 1 saturated carbocycles. The highest BCUT2D eigenvalue weighted by Crippen LogP contribution is 2.31. The average Bonchev–Trinajstić information content (AvgIpc) is 3.28. The summed E-state index contributed by atoms with van der Waals surface area (Å²) < 4.78 is 11.8. The van der Waals surface area contributed by atoms with Gasteiger partial charge in [0.05, 0.1) is 20.3 Å². The molecule has 1 atom stereocenters. The third kappa shape index (κ3) is 5.04. The molecule has 188 valence electrons. The molecule has 0 radical (unpaired) electrons. The molecule has 1 fully saturated rings. The van der Waals surface area contributed by atoms with Gasteiger partial charge < -0.3 is 19.7 Å². The van der Waals surface area contributed by atoms with Gasteiger partial charge in [-0.3, -0.25) is 14.3 Å². The van der Waals surface area contributed by atoms with E-state index in [0.717, 1.165) is 37.0 Å². The third-order valence-electron chi connectivity index (χ3n) is 7.11. The zero-order valence-corrected chi connectivity index (χ0v) is 20.9. The second kappa shape index (κ2) is 10.1. The maximum atomic E-state index is 13.7. The van der Waals surface area contributed by atoms with E-state index in [-0.39, 0.29) is 42.3 Å². The molecule has 9 heteroatoms. The number of ether oxygens (including phenoxy) is 2. The highest BCUT2D eigenvalue weighted by atomic mass is 16.5. The lowest BCUT2D eigenvalue weighted by Gasteiger charge is -2.44. The molecule has 35 heavy (non-hydrogen) atoms. The molecule has 2 heterocycles. The van der Waals surface area contributed by atoms with Gasteiger partial charge >= 0.3 is 5.97 Å². The molecule has 0 unspecified atom stereocenters. The Morgan fingerprint density at radius 3 is 2.49 bits per heavy atom. The normalized spacial score (nSPS) is 24.0. The number of esters is 1. The van der Waals surface area contributed by atoms with E-state index in [1.807, 2.05) is 31.2 Å². The van der Waals surface area contributed by atoms with Crippen LogP contribution < -0.4 is 10.1 Å². The summed E-state index contributed by atoms with van der Waals surface area (Å²) in [5.41, 5.74) is -0.0186. The summed E-state index contributed by atoms with van der Waals surface area (Å²) >= 11 is 0. The number of fused-ring (bicyclic) bond motifs is 1. The van der Waals surface area contributed by atoms with Crippen LogP contribution in [0.3, 0.4) is 0 Å². The molecule has 4 rings (SSSR count). The molecular formula is C26H34N4O5. The van der Waals surface area contributed by atoms with Crippen LogP contribution in [0.25, 0.3) is 0 Å². The van der Waals surface area contributed by atoms with Crippen molar-refractivity contribution in [1.29, 1.82) is 0 Å². The van der Waals surface area contributed by atoms with Crippen LogP contribution in [-0.4, -0.2) is 57.8 Å². The van der Waals surface area contributed by atoms with Crippen LogP contribution in [0.2, 0.25) is 0 Å². The summed E-state index contributed by atoms with van der Waals surface area (Å²) in [6, 6.07) is 9.01. The molecule has 1 N–H and O–H groups in total. The minimum absolute atomic E-state index is 0.0443. The number of nitrogens with one attached hydrogen (secondary N) is 1. The number of carbonyl (C=O) groups excluding carboxylic acids is 3. The van der Waals surface area contributed by atoms with Gasteiger partial charge in [0, 0.05) is 18.7 Å². The van der Waals surface area contributed by atoms with Crippen molar-refractivity contribution >= 4 is 17.8 Å². The van der Waals surface area contributed by atoms with Gasteiger partial charge in [-0.2, -0.15) is 5.10 Å². The fourth-order valence-corrected chi connectivity index (χ4v) is 4.88. The van der Waals surface area contributed by atoms with Crippen molar-refractivity contribution in [3.63, 3.8) is 0 Å². The van der Waals surface area contributed by atoms with Gasteiger partial charge in [0.2, 0.25) is 5.91 Å². The van der Waals surface area contributed by atoms with E-state index in [0.29, 0.717) is 12.5 Å². The number of carbonyl (C=O) groups is 3. The summed E-state index contributed by atoms with van der Waals surface area (Å²) in [5.74, 6) is 0.212. The number of hydrogen-bond acceptors (Lipinski definition) is 6. The van der Waals surface area contributed by atoms with E-state index in [1.54, 1.807) is 11.8 Å². The Bertz CT molecular complexity index is 1090. The molecule has 0 saturated heterocycles. The van der Waals surface area contributed by atoms with Crippen molar-refractivity contribution < 1.29 is 23.9 Å². The second-order valence-electron chi connectivity index (χ2n) is 9.74. The SMILES string of the molecule is CCOc1ccc(CN2C(=O)c3cc(C(=O)OC)nn3C[C@]2(C)C(=O)NC2CCC(C)CC2)cc1. The van der Waals surface area contributed by atoms with Crippen molar-refractivity contribution in [2.24, 2.45) is 5.92 Å². The Kier molecular flexibility index (Phi) is 7.14. The van der Waals surface area contributed by atoms with Gasteiger partial charge in [-0.25, -0.2) is 4.79 Å². The number of methoxy groups -OCH3 is 1. The molecule has 1 aromatic carbocycles. The van der Waals surface area contributed by atoms with E-state index in [4.69, 9.17) is 9.47 Å². The molecule has 0 spiro atoms. The summed E-state index contributed by atoms with van der Waals surface area (Å²) in [6.07, 6.45) is 4.00. The molecule has 1 aliphatic heterocycles. The molecule has 0 bridgehead atoms. The zero-order valence-electron chi connectivity index (χ0n) is 20.9. The lowest BCUT2D eigenvalue weighted by Crippen LogP contribution is -2.64. The van der Waals surface area contributed by atoms with E-state index < -0.39 is 11.5 Å². The van der Waals surface area contributed by atoms with Gasteiger partial charge in [0.1, 0.15) is 17.0 Å². The smallest absolute Gasteiger partial charge is 0.358 e. The first-order valence-corrected chi connectivity index (χ1v) is 12.3. The number of nitrogens with zero attached hydrogens (tertiary/aromatic N) is 3. The predicted octanol–water partition coefficient (Wildman–Crippen LogP) is 3.18. The lowest BCUT2D eigenvalue weighted by molar-refractivity contribution is -0.134. The summed E-state index contributed by atoms with van der Waals surface area (Å²) in [5, 5.41) is 7.48. The number of aromatic nitrogens is 2. The van der Waals surface area contributed by atoms with Crippen LogP contribution in [0.15, 0.2) is 30.3 Å². The van der Waals surface area contributed by atoms with Gasteiger partial charge in [0.25, 0.3) is 5.91 Å². The first kappa shape index (κ1) is 24.8. The first-order chi connectivity index (χ1) is 16.7. The Morgan fingerprint density at radius 1 is 1.17 bits per heavy atom. The molecule has 1 aromatic heterocycles. The van der Waals surface area contributed by atoms with Crippen LogP contribution in [0, 0.1) is 5.92 Å². The van der Waals surface area contributed by atoms with Crippen molar-refractivity contribution in [2.45, 2.75) is 71.1 Å². The van der Waals surface area contributed by atoms with E-state index in [9.17, 15) is 14.4 Å². The number of amides is 2. The largest absolute Gasteiger partial charge is 0.494 e. The van der Waals surface area contributed by atoms with Crippen LogP contribution in [0.1, 0.15) is 73.0 Å². The molecule has 2 aliphatic rings. The lowest BCUT2D eigenvalue weighted by atomic mass is 9.86. The predicted molar refractivity (Wildman–Crippen MR) is 129 cm³/mol. The summed E-state index contributed by atoms with van der Waals surface area (Å²) in [6.45, 7) is 6.85. The zero-order chi connectivity index (χ0) is 25.2. The average molecular weight is 483 g/mol. The maximum absolute atomic E-state index is 13.7. The Labute approximate surface area is 205 Å². The number of hydrogen-bond donors (Lipinski definition) is 1. The molecule has 2 aromatic rings. The quantitative estimate of drug-likeness (QED) is 0.608. The van der Waals surface area contributed by atoms with Crippen molar-refractivity contribution in [2.75, 3.05) is 13.7 Å². The van der Waals surface area contributed by atoms with Gasteiger partial charge in [-0.1, -0.05) is 19.1 Å². The van der Waals surface area contributed by atoms with Gasteiger partial charge in [-0.05, 0) is 63.1 Å². The van der Waals surface area contributed by atoms with Crippen molar-refractivity contribution in [1.82, 2.24) is 20.0 Å². The topological polar surface area (TPSA) is 103 Å². The van der Waals surface area contributed by atoms with Crippen molar-refractivity contribution in [3.05, 3.63) is 47.3 Å². The maximum Gasteiger partial charge on any atom is 0.358 e. The van der Waals surface area contributed by atoms with Crippen LogP contribution >= 0.6 is 0 Å². The highest BCUT2D eigenvalue weighted by molar-refractivity contribution is 6.01. The highest BCUT2D eigenvalue weighted by Gasteiger charge is 2.48. The first-order valence-electron chi connectivity index (χ1n) is 12.3. The fourth-order valence-electron chi connectivity index (χ4n) is 4.88. The van der Waals surface area contributed by atoms with Crippen LogP contribution in [0.5, 0.6) is 5.75 Å². The van der Waals surface area contributed by atoms with Crippen LogP contribution in [0.4, 0.5) is 0 Å². The summed E-state index contributed by atoms with van der Waals surface area (Å²) in [4.78, 5) is 41.0. The molecule has 9 nitrogen and oxygen atoms in total. The standard InChI is InChI=1S/C26H34N4O5/c1-5-35-20-12-8-18(9-13-20)15-29-23(31)22-14-21(24(32)34-4)28-30(22)16-26(29,3)25(33)27-19-10-6-17(2)7-11-19/h8-9,12-14,17,19H,5-7,10-11,15-16H2,1-4H3,(H,27,33)/t17?,19?,26-/m1/s1. The third-order valence-corrected chi connectivity index (χ3v) is 7.11. The molecule has 1 aliphatic carbocycles. The number of benzene rings is 1.